The Labute approximate surface area is 197 Å². The summed E-state index contributed by atoms with van der Waals surface area (Å²) in [7, 11) is 1.82. The molecule has 2 aromatic rings. The predicted octanol–water partition coefficient (Wildman–Crippen LogP) is 4.53. The van der Waals surface area contributed by atoms with Gasteiger partial charge in [-0.25, -0.2) is 0 Å². The summed E-state index contributed by atoms with van der Waals surface area (Å²) in [5.74, 6) is 2.16. The third kappa shape index (κ3) is 7.27. The van der Waals surface area contributed by atoms with Gasteiger partial charge in [-0.1, -0.05) is 49.3 Å². The maximum Gasteiger partial charge on any atom is 0.191 e. The maximum atomic E-state index is 5.50. The molecule has 30 heavy (non-hydrogen) atoms. The molecular weight excluding hydrogens is 489 g/mol. The second-order valence-corrected chi connectivity index (χ2v) is 7.84. The quantitative estimate of drug-likeness (QED) is 0.301. The van der Waals surface area contributed by atoms with Gasteiger partial charge in [-0.05, 0) is 31.2 Å². The van der Waals surface area contributed by atoms with Crippen LogP contribution < -0.4 is 10.6 Å². The van der Waals surface area contributed by atoms with Gasteiger partial charge < -0.3 is 15.2 Å². The molecule has 0 atom stereocenters. The monoisotopic (exact) mass is 525 g/mol. The number of aliphatic imine (C=N–C) groups is 1. The van der Waals surface area contributed by atoms with E-state index in [1.807, 2.05) is 7.05 Å². The third-order valence-corrected chi connectivity index (χ3v) is 5.81. The molecule has 1 saturated heterocycles. The van der Waals surface area contributed by atoms with Crippen LogP contribution >= 0.6 is 24.0 Å². The average molecular weight is 525 g/mol. The lowest BCUT2D eigenvalue weighted by molar-refractivity contribution is 0.198. The highest BCUT2D eigenvalue weighted by atomic mass is 127. The summed E-state index contributed by atoms with van der Waals surface area (Å²) in [5.41, 5.74) is 2.44. The molecule has 0 bridgehead atoms. The molecular formula is C23H36IN5O. The van der Waals surface area contributed by atoms with E-state index in [0.717, 1.165) is 62.7 Å². The van der Waals surface area contributed by atoms with E-state index >= 15 is 0 Å². The smallest absolute Gasteiger partial charge is 0.191 e. The molecule has 1 aromatic carbocycles. The predicted molar refractivity (Wildman–Crippen MR) is 133 cm³/mol. The molecule has 0 aliphatic carbocycles. The first-order valence-corrected chi connectivity index (χ1v) is 10.9. The van der Waals surface area contributed by atoms with E-state index < -0.39 is 0 Å². The molecule has 1 aromatic heterocycles. The zero-order chi connectivity index (χ0) is 20.5. The van der Waals surface area contributed by atoms with Crippen molar-refractivity contribution in [3.63, 3.8) is 0 Å². The first-order chi connectivity index (χ1) is 14.2. The fraction of sp³-hybridized carbons (Fsp3) is 0.565. The Balaban J connectivity index is 0.00000320. The zero-order valence-corrected chi connectivity index (χ0v) is 20.8. The van der Waals surface area contributed by atoms with Crippen molar-refractivity contribution in [3.05, 3.63) is 53.4 Å². The molecule has 166 valence electrons. The molecule has 7 heteroatoms. The zero-order valence-electron chi connectivity index (χ0n) is 18.4. The summed E-state index contributed by atoms with van der Waals surface area (Å²) in [5, 5.41) is 11.2. The van der Waals surface area contributed by atoms with Crippen molar-refractivity contribution in [2.75, 3.05) is 20.1 Å². The number of halogens is 1. The molecule has 0 saturated carbocycles. The van der Waals surface area contributed by atoms with E-state index in [-0.39, 0.29) is 24.0 Å². The van der Waals surface area contributed by atoms with Crippen LogP contribution in [0, 0.1) is 0 Å². The number of piperidine rings is 1. The van der Waals surface area contributed by atoms with Crippen LogP contribution in [0.2, 0.25) is 0 Å². The highest BCUT2D eigenvalue weighted by Gasteiger charge is 2.20. The van der Waals surface area contributed by atoms with Gasteiger partial charge in [0.1, 0.15) is 0 Å². The van der Waals surface area contributed by atoms with Gasteiger partial charge in [-0.15, -0.1) is 24.0 Å². The van der Waals surface area contributed by atoms with Crippen molar-refractivity contribution in [1.82, 2.24) is 20.7 Å². The van der Waals surface area contributed by atoms with Crippen LogP contribution in [-0.4, -0.2) is 42.2 Å². The van der Waals surface area contributed by atoms with E-state index in [0.29, 0.717) is 18.5 Å². The van der Waals surface area contributed by atoms with Crippen LogP contribution in [-0.2, 0) is 13.1 Å². The van der Waals surface area contributed by atoms with Gasteiger partial charge in [-0.2, -0.15) is 0 Å². The van der Waals surface area contributed by atoms with Gasteiger partial charge in [0.15, 0.2) is 11.7 Å². The fourth-order valence-corrected chi connectivity index (χ4v) is 3.95. The van der Waals surface area contributed by atoms with E-state index in [4.69, 9.17) is 4.52 Å². The Morgan fingerprint density at radius 1 is 1.20 bits per heavy atom. The first kappa shape index (κ1) is 24.7. The SMILES string of the molecule is CCC(CC)c1cc(CNC(=NC)NC2CCN(Cc3ccccc3)CC2)on1.I. The second-order valence-electron chi connectivity index (χ2n) is 7.84. The van der Waals surface area contributed by atoms with Gasteiger partial charge in [0.05, 0.1) is 12.2 Å². The average Bonchev–Trinajstić information content (AvgIpc) is 3.23. The Bertz CT molecular complexity index is 752. The van der Waals surface area contributed by atoms with Crippen molar-refractivity contribution >= 4 is 29.9 Å². The number of aromatic nitrogens is 1. The minimum absolute atomic E-state index is 0. The van der Waals surface area contributed by atoms with Crippen LogP contribution in [0.15, 0.2) is 45.9 Å². The van der Waals surface area contributed by atoms with Crippen molar-refractivity contribution in [3.8, 4) is 0 Å². The number of nitrogens with zero attached hydrogens (tertiary/aromatic N) is 3. The summed E-state index contributed by atoms with van der Waals surface area (Å²) in [6, 6.07) is 13.2. The second kappa shape index (κ2) is 12.9. The summed E-state index contributed by atoms with van der Waals surface area (Å²) < 4.78 is 5.50. The number of benzene rings is 1. The highest BCUT2D eigenvalue weighted by molar-refractivity contribution is 14.0. The molecule has 0 spiro atoms. The first-order valence-electron chi connectivity index (χ1n) is 10.9. The number of rotatable bonds is 8. The van der Waals surface area contributed by atoms with Gasteiger partial charge in [0.25, 0.3) is 0 Å². The summed E-state index contributed by atoms with van der Waals surface area (Å²) >= 11 is 0. The maximum absolute atomic E-state index is 5.50. The van der Waals surface area contributed by atoms with E-state index in [1.54, 1.807) is 0 Å². The lowest BCUT2D eigenvalue weighted by Crippen LogP contribution is -2.48. The van der Waals surface area contributed by atoms with E-state index in [2.05, 4.69) is 75.9 Å². The summed E-state index contributed by atoms with van der Waals surface area (Å²) in [6.07, 6.45) is 4.41. The lowest BCUT2D eigenvalue weighted by Gasteiger charge is -2.33. The molecule has 6 nitrogen and oxygen atoms in total. The Morgan fingerprint density at radius 2 is 1.90 bits per heavy atom. The largest absolute Gasteiger partial charge is 0.359 e. The van der Waals surface area contributed by atoms with Crippen molar-refractivity contribution in [2.24, 2.45) is 4.99 Å². The topological polar surface area (TPSA) is 65.7 Å². The van der Waals surface area contributed by atoms with E-state index in [9.17, 15) is 0 Å². The molecule has 2 N–H and O–H groups in total. The fourth-order valence-electron chi connectivity index (χ4n) is 3.95. The van der Waals surface area contributed by atoms with Crippen LogP contribution in [0.3, 0.4) is 0 Å². The summed E-state index contributed by atoms with van der Waals surface area (Å²) in [6.45, 7) is 8.22. The van der Waals surface area contributed by atoms with Crippen molar-refractivity contribution < 1.29 is 4.52 Å². The van der Waals surface area contributed by atoms with Gasteiger partial charge >= 0.3 is 0 Å². The van der Waals surface area contributed by atoms with Crippen molar-refractivity contribution in [1.29, 1.82) is 0 Å². The Kier molecular flexibility index (Phi) is 10.6. The molecule has 1 aliphatic heterocycles. The van der Waals surface area contributed by atoms with Crippen LogP contribution in [0.25, 0.3) is 0 Å². The number of likely N-dealkylation sites (tertiary alicyclic amines) is 1. The van der Waals surface area contributed by atoms with E-state index in [1.165, 1.54) is 5.56 Å². The number of hydrogen-bond donors (Lipinski definition) is 2. The molecule has 0 amide bonds. The number of nitrogens with one attached hydrogen (secondary N) is 2. The minimum Gasteiger partial charge on any atom is -0.359 e. The standard InChI is InChI=1S/C23H35N5O.HI/c1-4-19(5-2)22-15-21(29-27-22)16-25-23(24-3)26-20-11-13-28(14-12-20)17-18-9-7-6-8-10-18;/h6-10,15,19-20H,4-5,11-14,16-17H2,1-3H3,(H2,24,25,26);1H. The molecule has 2 heterocycles. The van der Waals surface area contributed by atoms with Crippen molar-refractivity contribution in [2.45, 2.75) is 64.6 Å². The minimum atomic E-state index is 0. The molecule has 0 unspecified atom stereocenters. The molecule has 1 fully saturated rings. The Hall–Kier alpha value is -1.61. The van der Waals surface area contributed by atoms with Gasteiger partial charge in [0, 0.05) is 44.7 Å². The molecule has 3 rings (SSSR count). The summed E-state index contributed by atoms with van der Waals surface area (Å²) in [4.78, 5) is 6.90. The molecule has 1 aliphatic rings. The highest BCUT2D eigenvalue weighted by Crippen LogP contribution is 2.22. The third-order valence-electron chi connectivity index (χ3n) is 5.81. The van der Waals surface area contributed by atoms with Crippen LogP contribution in [0.4, 0.5) is 0 Å². The molecule has 0 radical (unpaired) electrons. The van der Waals surface area contributed by atoms with Gasteiger partial charge in [0.2, 0.25) is 0 Å². The number of hydrogen-bond acceptors (Lipinski definition) is 4. The van der Waals surface area contributed by atoms with Crippen LogP contribution in [0.1, 0.15) is 62.5 Å². The lowest BCUT2D eigenvalue weighted by atomic mass is 9.99. The number of guanidine groups is 1. The van der Waals surface area contributed by atoms with Gasteiger partial charge in [-0.3, -0.25) is 9.89 Å². The Morgan fingerprint density at radius 3 is 2.53 bits per heavy atom. The van der Waals surface area contributed by atoms with Crippen LogP contribution in [0.5, 0.6) is 0 Å². The normalized spacial score (nSPS) is 15.8.